The molecule has 19 heavy (non-hydrogen) atoms. The Morgan fingerprint density at radius 1 is 1.05 bits per heavy atom. The minimum atomic E-state index is 0.415. The molecule has 0 unspecified atom stereocenters. The Hall–Kier alpha value is -1.77. The highest BCUT2D eigenvalue weighted by molar-refractivity contribution is 6.32. The quantitative estimate of drug-likeness (QED) is 0.897. The molecule has 0 radical (unpaired) electrons. The van der Waals surface area contributed by atoms with Crippen LogP contribution in [0.5, 0.6) is 5.75 Å². The van der Waals surface area contributed by atoms with Crippen LogP contribution in [0.3, 0.4) is 0 Å². The van der Waals surface area contributed by atoms with Crippen molar-refractivity contribution in [1.82, 2.24) is 0 Å². The number of halogens is 1. The van der Waals surface area contributed by atoms with E-state index in [1.807, 2.05) is 54.6 Å². The van der Waals surface area contributed by atoms with Crippen LogP contribution in [0.25, 0.3) is 6.08 Å². The van der Waals surface area contributed by atoms with E-state index in [0.717, 1.165) is 11.1 Å². The van der Waals surface area contributed by atoms with E-state index in [-0.39, 0.29) is 0 Å². The standard InChI is InChI=1S/C16H16ClNO/c17-15-10-4-9-14(12-18)16(15)19-11-5-8-13-6-2-1-3-7-13/h1-10H,11-12,18H2/b8-5+. The molecule has 3 heteroatoms. The maximum Gasteiger partial charge on any atom is 0.142 e. The Kier molecular flexibility index (Phi) is 5.01. The van der Waals surface area contributed by atoms with Crippen LogP contribution in [0.4, 0.5) is 0 Å². The average Bonchev–Trinajstić information content (AvgIpc) is 2.46. The van der Waals surface area contributed by atoms with Gasteiger partial charge in [-0.25, -0.2) is 0 Å². The number of benzene rings is 2. The normalized spacial score (nSPS) is 10.8. The fourth-order valence-electron chi connectivity index (χ4n) is 1.76. The van der Waals surface area contributed by atoms with Crippen molar-refractivity contribution in [2.75, 3.05) is 6.61 Å². The molecular weight excluding hydrogens is 258 g/mol. The molecule has 2 N–H and O–H groups in total. The summed E-state index contributed by atoms with van der Waals surface area (Å²) in [4.78, 5) is 0. The molecule has 2 nitrogen and oxygen atoms in total. The molecule has 0 heterocycles. The molecule has 0 saturated carbocycles. The van der Waals surface area contributed by atoms with E-state index in [9.17, 15) is 0 Å². The smallest absolute Gasteiger partial charge is 0.142 e. The van der Waals surface area contributed by atoms with Gasteiger partial charge in [0.15, 0.2) is 0 Å². The molecule has 2 aromatic carbocycles. The van der Waals surface area contributed by atoms with Gasteiger partial charge >= 0.3 is 0 Å². The molecule has 2 aromatic rings. The maximum absolute atomic E-state index is 6.10. The molecule has 0 bridgehead atoms. The highest BCUT2D eigenvalue weighted by Gasteiger charge is 2.05. The molecule has 0 atom stereocenters. The van der Waals surface area contributed by atoms with Crippen molar-refractivity contribution in [3.05, 3.63) is 70.8 Å². The first kappa shape index (κ1) is 13.7. The zero-order valence-electron chi connectivity index (χ0n) is 10.6. The van der Waals surface area contributed by atoms with Gasteiger partial charge in [-0.15, -0.1) is 0 Å². The lowest BCUT2D eigenvalue weighted by Gasteiger charge is -2.10. The van der Waals surface area contributed by atoms with Gasteiger partial charge in [0.25, 0.3) is 0 Å². The van der Waals surface area contributed by atoms with Crippen LogP contribution in [-0.4, -0.2) is 6.61 Å². The van der Waals surface area contributed by atoms with Crippen LogP contribution in [0.2, 0.25) is 5.02 Å². The largest absolute Gasteiger partial charge is 0.488 e. The third-order valence-corrected chi connectivity index (χ3v) is 3.00. The van der Waals surface area contributed by atoms with Gasteiger partial charge in [-0.3, -0.25) is 0 Å². The molecule has 0 aliphatic heterocycles. The molecule has 98 valence electrons. The summed E-state index contributed by atoms with van der Waals surface area (Å²) in [6.07, 6.45) is 3.97. The highest BCUT2D eigenvalue weighted by atomic mass is 35.5. The second-order valence-electron chi connectivity index (χ2n) is 4.06. The SMILES string of the molecule is NCc1cccc(Cl)c1OC/C=C/c1ccccc1. The summed E-state index contributed by atoms with van der Waals surface area (Å²) in [6.45, 7) is 0.879. The number of nitrogens with two attached hydrogens (primary N) is 1. The lowest BCUT2D eigenvalue weighted by molar-refractivity contribution is 0.360. The van der Waals surface area contributed by atoms with E-state index in [0.29, 0.717) is 23.9 Å². The number of hydrogen-bond acceptors (Lipinski definition) is 2. The summed E-state index contributed by atoms with van der Waals surface area (Å²) in [6, 6.07) is 15.7. The fourth-order valence-corrected chi connectivity index (χ4v) is 2.00. The highest BCUT2D eigenvalue weighted by Crippen LogP contribution is 2.28. The minimum absolute atomic E-state index is 0.415. The number of rotatable bonds is 5. The molecule has 0 fully saturated rings. The van der Waals surface area contributed by atoms with Gasteiger partial charge in [0.2, 0.25) is 0 Å². The predicted octanol–water partition coefficient (Wildman–Crippen LogP) is 3.89. The molecule has 0 amide bonds. The number of para-hydroxylation sites is 1. The summed E-state index contributed by atoms with van der Waals surface area (Å²) < 4.78 is 5.68. The molecule has 2 rings (SSSR count). The van der Waals surface area contributed by atoms with Crippen LogP contribution in [-0.2, 0) is 6.54 Å². The summed E-state index contributed by atoms with van der Waals surface area (Å²) >= 11 is 6.10. The van der Waals surface area contributed by atoms with Crippen molar-refractivity contribution in [3.8, 4) is 5.75 Å². The third-order valence-electron chi connectivity index (χ3n) is 2.70. The van der Waals surface area contributed by atoms with E-state index < -0.39 is 0 Å². The predicted molar refractivity (Wildman–Crippen MR) is 80.3 cm³/mol. The molecule has 0 spiro atoms. The van der Waals surface area contributed by atoms with Crippen LogP contribution < -0.4 is 10.5 Å². The molecule has 0 aliphatic rings. The number of hydrogen-bond donors (Lipinski definition) is 1. The van der Waals surface area contributed by atoms with Gasteiger partial charge in [-0.2, -0.15) is 0 Å². The van der Waals surface area contributed by atoms with Crippen molar-refractivity contribution in [2.24, 2.45) is 5.73 Å². The minimum Gasteiger partial charge on any atom is -0.488 e. The summed E-state index contributed by atoms with van der Waals surface area (Å²) in [7, 11) is 0. The Labute approximate surface area is 118 Å². The van der Waals surface area contributed by atoms with Crippen LogP contribution >= 0.6 is 11.6 Å². The summed E-state index contributed by atoms with van der Waals surface area (Å²) in [5.74, 6) is 0.671. The van der Waals surface area contributed by atoms with E-state index in [1.165, 1.54) is 0 Å². The first-order valence-electron chi connectivity index (χ1n) is 6.13. The van der Waals surface area contributed by atoms with Gasteiger partial charge < -0.3 is 10.5 Å². The average molecular weight is 274 g/mol. The van der Waals surface area contributed by atoms with E-state index in [2.05, 4.69) is 0 Å². The van der Waals surface area contributed by atoms with Crippen molar-refractivity contribution < 1.29 is 4.74 Å². The van der Waals surface area contributed by atoms with Crippen molar-refractivity contribution >= 4 is 17.7 Å². The van der Waals surface area contributed by atoms with Crippen LogP contribution in [0.1, 0.15) is 11.1 Å². The second-order valence-corrected chi connectivity index (χ2v) is 4.46. The summed E-state index contributed by atoms with van der Waals surface area (Å²) in [5, 5.41) is 0.594. The first-order chi connectivity index (χ1) is 9.31. The Balaban J connectivity index is 1.98. The van der Waals surface area contributed by atoms with Crippen LogP contribution in [0.15, 0.2) is 54.6 Å². The van der Waals surface area contributed by atoms with E-state index in [4.69, 9.17) is 22.1 Å². The Bertz CT molecular complexity index is 552. The lowest BCUT2D eigenvalue weighted by atomic mass is 10.2. The second kappa shape index (κ2) is 6.98. The molecule has 0 aromatic heterocycles. The maximum atomic E-state index is 6.10. The molecule has 0 saturated heterocycles. The molecular formula is C16H16ClNO. The first-order valence-corrected chi connectivity index (χ1v) is 6.51. The van der Waals surface area contributed by atoms with Crippen LogP contribution in [0, 0.1) is 0 Å². The van der Waals surface area contributed by atoms with E-state index in [1.54, 1.807) is 6.07 Å². The van der Waals surface area contributed by atoms with E-state index >= 15 is 0 Å². The zero-order chi connectivity index (χ0) is 13.5. The number of ether oxygens (including phenoxy) is 1. The lowest BCUT2D eigenvalue weighted by Crippen LogP contribution is -2.02. The van der Waals surface area contributed by atoms with Crippen molar-refractivity contribution in [3.63, 3.8) is 0 Å². The summed E-state index contributed by atoms with van der Waals surface area (Å²) in [5.41, 5.74) is 7.72. The van der Waals surface area contributed by atoms with Gasteiger partial charge in [0.05, 0.1) is 5.02 Å². The van der Waals surface area contributed by atoms with Gasteiger partial charge in [0, 0.05) is 12.1 Å². The monoisotopic (exact) mass is 273 g/mol. The molecule has 0 aliphatic carbocycles. The van der Waals surface area contributed by atoms with Gasteiger partial charge in [0.1, 0.15) is 12.4 Å². The zero-order valence-corrected chi connectivity index (χ0v) is 11.3. The topological polar surface area (TPSA) is 35.2 Å². The van der Waals surface area contributed by atoms with Gasteiger partial charge in [-0.1, -0.05) is 60.1 Å². The third kappa shape index (κ3) is 3.85. The van der Waals surface area contributed by atoms with Crippen molar-refractivity contribution in [1.29, 1.82) is 0 Å². The van der Waals surface area contributed by atoms with Crippen molar-refractivity contribution in [2.45, 2.75) is 6.54 Å². The van der Waals surface area contributed by atoms with Gasteiger partial charge in [-0.05, 0) is 17.7 Å². The Morgan fingerprint density at radius 3 is 2.58 bits per heavy atom. The Morgan fingerprint density at radius 2 is 1.84 bits per heavy atom. The fraction of sp³-hybridized carbons (Fsp3) is 0.125.